The molecule has 0 saturated carbocycles. The third-order valence-corrected chi connectivity index (χ3v) is 4.20. The van der Waals surface area contributed by atoms with Crippen molar-refractivity contribution in [1.82, 2.24) is 15.2 Å². The zero-order valence-electron chi connectivity index (χ0n) is 10.6. The van der Waals surface area contributed by atoms with Crippen molar-refractivity contribution < 1.29 is 4.79 Å². The Morgan fingerprint density at radius 2 is 2.17 bits per heavy atom. The zero-order chi connectivity index (χ0) is 12.4. The van der Waals surface area contributed by atoms with Gasteiger partial charge >= 0.3 is 0 Å². The number of hydrogen-bond donors (Lipinski definition) is 1. The number of nitrogens with zero attached hydrogens (tertiary/aromatic N) is 2. The van der Waals surface area contributed by atoms with E-state index in [1.807, 2.05) is 17.0 Å². The fourth-order valence-corrected chi connectivity index (χ4v) is 3.12. The summed E-state index contributed by atoms with van der Waals surface area (Å²) in [5.41, 5.74) is 1.06. The summed E-state index contributed by atoms with van der Waals surface area (Å²) in [6.07, 6.45) is 6.74. The fourth-order valence-electron chi connectivity index (χ4n) is 3.12. The molecule has 1 N–H and O–H groups in total. The lowest BCUT2D eigenvalue weighted by Gasteiger charge is -2.32. The number of amides is 1. The number of pyridine rings is 1. The van der Waals surface area contributed by atoms with Crippen LogP contribution in [0.15, 0.2) is 24.5 Å². The minimum Gasteiger partial charge on any atom is -0.338 e. The van der Waals surface area contributed by atoms with E-state index in [1.54, 1.807) is 12.4 Å². The van der Waals surface area contributed by atoms with Crippen molar-refractivity contribution in [3.8, 4) is 0 Å². The van der Waals surface area contributed by atoms with E-state index in [1.165, 1.54) is 5.56 Å². The molecular weight excluding hydrogens is 226 g/mol. The number of carbonyl (C=O) groups is 1. The van der Waals surface area contributed by atoms with Crippen molar-refractivity contribution in [2.75, 3.05) is 19.6 Å². The number of rotatable bonds is 2. The van der Waals surface area contributed by atoms with Crippen LogP contribution >= 0.6 is 0 Å². The van der Waals surface area contributed by atoms with Crippen LogP contribution in [0.4, 0.5) is 0 Å². The summed E-state index contributed by atoms with van der Waals surface area (Å²) in [6, 6.07) is 3.97. The lowest BCUT2D eigenvalue weighted by molar-refractivity contribution is -0.137. The van der Waals surface area contributed by atoms with Crippen molar-refractivity contribution in [3.05, 3.63) is 30.1 Å². The molecule has 2 saturated heterocycles. The molecule has 1 aromatic rings. The third kappa shape index (κ3) is 2.01. The fraction of sp³-hybridized carbons (Fsp3) is 0.571. The van der Waals surface area contributed by atoms with Crippen LogP contribution in [0, 0.1) is 5.41 Å². The van der Waals surface area contributed by atoms with Gasteiger partial charge in [0.1, 0.15) is 0 Å². The predicted octanol–water partition coefficient (Wildman–Crippen LogP) is 1.18. The molecule has 96 valence electrons. The van der Waals surface area contributed by atoms with E-state index in [-0.39, 0.29) is 5.41 Å². The van der Waals surface area contributed by atoms with Gasteiger partial charge in [0.25, 0.3) is 0 Å². The van der Waals surface area contributed by atoms with E-state index in [9.17, 15) is 4.79 Å². The molecule has 2 aliphatic rings. The van der Waals surface area contributed by atoms with E-state index in [0.717, 1.165) is 45.4 Å². The lowest BCUT2D eigenvalue weighted by Crippen LogP contribution is -2.45. The third-order valence-electron chi connectivity index (χ3n) is 4.20. The van der Waals surface area contributed by atoms with Gasteiger partial charge in [-0.25, -0.2) is 0 Å². The molecule has 1 spiro atoms. The van der Waals surface area contributed by atoms with Gasteiger partial charge in [-0.05, 0) is 43.5 Å². The molecule has 0 bridgehead atoms. The Hall–Kier alpha value is -1.42. The van der Waals surface area contributed by atoms with Crippen LogP contribution in [0.2, 0.25) is 0 Å². The first-order chi connectivity index (χ1) is 8.80. The maximum atomic E-state index is 12.6. The molecule has 0 radical (unpaired) electrons. The van der Waals surface area contributed by atoms with Crippen molar-refractivity contribution in [3.63, 3.8) is 0 Å². The average molecular weight is 245 g/mol. The molecule has 3 rings (SSSR count). The van der Waals surface area contributed by atoms with Crippen LogP contribution in [0.3, 0.4) is 0 Å². The highest BCUT2D eigenvalue weighted by Gasteiger charge is 2.46. The van der Waals surface area contributed by atoms with Crippen LogP contribution in [0.25, 0.3) is 0 Å². The zero-order valence-corrected chi connectivity index (χ0v) is 10.6. The van der Waals surface area contributed by atoms with E-state index >= 15 is 0 Å². The Balaban J connectivity index is 1.71. The molecule has 4 nitrogen and oxygen atoms in total. The molecule has 0 aromatic carbocycles. The molecule has 2 aliphatic heterocycles. The van der Waals surface area contributed by atoms with E-state index in [4.69, 9.17) is 0 Å². The lowest BCUT2D eigenvalue weighted by atomic mass is 9.79. The van der Waals surface area contributed by atoms with E-state index < -0.39 is 0 Å². The predicted molar refractivity (Wildman–Crippen MR) is 68.8 cm³/mol. The van der Waals surface area contributed by atoms with Crippen LogP contribution in [0.5, 0.6) is 0 Å². The van der Waals surface area contributed by atoms with Crippen molar-refractivity contribution >= 4 is 5.91 Å². The first-order valence-electron chi connectivity index (χ1n) is 6.69. The molecular formula is C14H19N3O. The summed E-state index contributed by atoms with van der Waals surface area (Å²) in [5, 5.41) is 3.37. The number of piperidine rings is 1. The molecule has 0 unspecified atom stereocenters. The molecule has 2 fully saturated rings. The maximum Gasteiger partial charge on any atom is 0.230 e. The SMILES string of the molecule is O=C1N(Cc2ccncc2)CC[C@]12CCCNC2. The number of nitrogens with one attached hydrogen (secondary N) is 1. The summed E-state index contributed by atoms with van der Waals surface area (Å²) in [5.74, 6) is 0.339. The van der Waals surface area contributed by atoms with Gasteiger partial charge < -0.3 is 10.2 Å². The van der Waals surface area contributed by atoms with Crippen molar-refractivity contribution in [2.24, 2.45) is 5.41 Å². The quantitative estimate of drug-likeness (QED) is 0.851. The van der Waals surface area contributed by atoms with Crippen LogP contribution in [0.1, 0.15) is 24.8 Å². The Labute approximate surface area is 107 Å². The van der Waals surface area contributed by atoms with Crippen molar-refractivity contribution in [1.29, 1.82) is 0 Å². The molecule has 18 heavy (non-hydrogen) atoms. The molecule has 1 amide bonds. The second kappa shape index (κ2) is 4.69. The number of hydrogen-bond acceptors (Lipinski definition) is 3. The van der Waals surface area contributed by atoms with E-state index in [0.29, 0.717) is 5.91 Å². The standard InChI is InChI=1S/C14H19N3O/c18-13-14(4-1-6-16-11-14)5-9-17(13)10-12-2-7-15-8-3-12/h2-3,7-8,16H,1,4-6,9-11H2/t14-/m0/s1. The highest BCUT2D eigenvalue weighted by Crippen LogP contribution is 2.38. The topological polar surface area (TPSA) is 45.2 Å². The molecule has 4 heteroatoms. The summed E-state index contributed by atoms with van der Waals surface area (Å²) in [6.45, 7) is 3.53. The molecule has 1 atom stereocenters. The Morgan fingerprint density at radius 1 is 1.33 bits per heavy atom. The molecule has 0 aliphatic carbocycles. The molecule has 3 heterocycles. The van der Waals surface area contributed by atoms with Gasteiger partial charge in [0.05, 0.1) is 5.41 Å². The monoisotopic (exact) mass is 245 g/mol. The normalized spacial score (nSPS) is 28.0. The van der Waals surface area contributed by atoms with Crippen LogP contribution in [-0.4, -0.2) is 35.4 Å². The van der Waals surface area contributed by atoms with Gasteiger partial charge in [-0.15, -0.1) is 0 Å². The maximum absolute atomic E-state index is 12.6. The molecule has 1 aromatic heterocycles. The second-order valence-corrected chi connectivity index (χ2v) is 5.39. The van der Waals surface area contributed by atoms with Gasteiger partial charge in [-0.2, -0.15) is 0 Å². The van der Waals surface area contributed by atoms with E-state index in [2.05, 4.69) is 10.3 Å². The van der Waals surface area contributed by atoms with Gasteiger partial charge in [0.2, 0.25) is 5.91 Å². The summed E-state index contributed by atoms with van der Waals surface area (Å²) in [7, 11) is 0. The number of carbonyl (C=O) groups excluding carboxylic acids is 1. The first-order valence-corrected chi connectivity index (χ1v) is 6.69. The second-order valence-electron chi connectivity index (χ2n) is 5.39. The van der Waals surface area contributed by atoms with Gasteiger partial charge in [0, 0.05) is 32.0 Å². The Bertz CT molecular complexity index is 426. The highest BCUT2D eigenvalue weighted by molar-refractivity contribution is 5.85. The Kier molecular flexibility index (Phi) is 3.04. The summed E-state index contributed by atoms with van der Waals surface area (Å²) in [4.78, 5) is 18.6. The largest absolute Gasteiger partial charge is 0.338 e. The minimum atomic E-state index is -0.106. The summed E-state index contributed by atoms with van der Waals surface area (Å²) < 4.78 is 0. The number of likely N-dealkylation sites (tertiary alicyclic amines) is 1. The first kappa shape index (κ1) is 11.7. The highest BCUT2D eigenvalue weighted by atomic mass is 16.2. The minimum absolute atomic E-state index is 0.106. The average Bonchev–Trinajstić information content (AvgIpc) is 2.71. The van der Waals surface area contributed by atoms with Gasteiger partial charge in [-0.3, -0.25) is 9.78 Å². The van der Waals surface area contributed by atoms with Gasteiger partial charge in [0.15, 0.2) is 0 Å². The summed E-state index contributed by atoms with van der Waals surface area (Å²) >= 11 is 0. The Morgan fingerprint density at radius 3 is 2.89 bits per heavy atom. The van der Waals surface area contributed by atoms with Crippen LogP contribution < -0.4 is 5.32 Å². The smallest absolute Gasteiger partial charge is 0.230 e. The van der Waals surface area contributed by atoms with Crippen molar-refractivity contribution in [2.45, 2.75) is 25.8 Å². The van der Waals surface area contributed by atoms with Gasteiger partial charge in [-0.1, -0.05) is 0 Å². The van der Waals surface area contributed by atoms with Crippen LogP contribution in [-0.2, 0) is 11.3 Å². The number of aromatic nitrogens is 1.